The Bertz CT molecular complexity index is 1000. The van der Waals surface area contributed by atoms with Gasteiger partial charge in [-0.15, -0.1) is 0 Å². The third-order valence-corrected chi connectivity index (χ3v) is 13.4. The number of hydrogen-bond acceptors (Lipinski definition) is 6. The minimum Gasteiger partial charge on any atom is -0.465 e. The van der Waals surface area contributed by atoms with Gasteiger partial charge in [-0.25, -0.2) is 0 Å². The van der Waals surface area contributed by atoms with Gasteiger partial charge in [0, 0.05) is 31.8 Å². The summed E-state index contributed by atoms with van der Waals surface area (Å²) in [6.45, 7) is 14.1. The highest BCUT2D eigenvalue weighted by atomic mass is 16.5. The molecule has 0 fully saturated rings. The summed E-state index contributed by atoms with van der Waals surface area (Å²) < 4.78 is 11.8. The zero-order valence-corrected chi connectivity index (χ0v) is 43.6. The molecule has 1 amide bonds. The topological polar surface area (TPSA) is 76.2 Å². The van der Waals surface area contributed by atoms with Gasteiger partial charge in [0.15, 0.2) is 0 Å². The Morgan fingerprint density at radius 1 is 0.365 bits per heavy atom. The predicted octanol–water partition coefficient (Wildman–Crippen LogP) is 16.4. The molecule has 7 nitrogen and oxygen atoms in total. The van der Waals surface area contributed by atoms with Crippen molar-refractivity contribution in [1.29, 1.82) is 0 Å². The number of rotatable bonds is 49. The lowest BCUT2D eigenvalue weighted by molar-refractivity contribution is -0.146. The molecule has 0 bridgehead atoms. The van der Waals surface area contributed by atoms with Gasteiger partial charge in [0.25, 0.3) is 0 Å². The van der Waals surface area contributed by atoms with Crippen molar-refractivity contribution in [3.8, 4) is 0 Å². The fourth-order valence-electron chi connectivity index (χ4n) is 9.18. The van der Waals surface area contributed by atoms with E-state index in [9.17, 15) is 14.4 Å². The van der Waals surface area contributed by atoms with Crippen LogP contribution in [-0.2, 0) is 23.9 Å². The Morgan fingerprint density at radius 3 is 1.17 bits per heavy atom. The molecule has 0 heterocycles. The van der Waals surface area contributed by atoms with Crippen molar-refractivity contribution < 1.29 is 23.9 Å². The van der Waals surface area contributed by atoms with Gasteiger partial charge < -0.3 is 19.3 Å². The van der Waals surface area contributed by atoms with E-state index in [1.807, 2.05) is 0 Å². The zero-order valence-electron chi connectivity index (χ0n) is 43.6. The van der Waals surface area contributed by atoms with Gasteiger partial charge in [-0.05, 0) is 96.7 Å². The summed E-state index contributed by atoms with van der Waals surface area (Å²) in [6.07, 6.45) is 43.7. The first kappa shape index (κ1) is 61.4. The SMILES string of the molecule is CCCCCCCCCCC(CCCC(=O)OCC(CCCCCC)CCCCCCCC)N(CCCN(C)C)C(=O)CCCCCCC(=O)OCC(CCCC)CCCCCC. The molecule has 0 aromatic rings. The molecule has 63 heavy (non-hydrogen) atoms. The molecule has 0 aliphatic heterocycles. The van der Waals surface area contributed by atoms with Crippen LogP contribution >= 0.6 is 0 Å². The lowest BCUT2D eigenvalue weighted by atomic mass is 9.95. The maximum absolute atomic E-state index is 14.1. The number of esters is 2. The molecule has 0 saturated heterocycles. The number of amides is 1. The maximum Gasteiger partial charge on any atom is 0.305 e. The summed E-state index contributed by atoms with van der Waals surface area (Å²) in [5.74, 6) is 1.11. The molecule has 0 aliphatic rings. The average Bonchev–Trinajstić information content (AvgIpc) is 3.27. The van der Waals surface area contributed by atoms with E-state index in [1.165, 1.54) is 167 Å². The van der Waals surface area contributed by atoms with Crippen LogP contribution in [0.5, 0.6) is 0 Å². The van der Waals surface area contributed by atoms with Gasteiger partial charge in [0.1, 0.15) is 0 Å². The summed E-state index contributed by atoms with van der Waals surface area (Å²) in [7, 11) is 4.21. The molecule has 0 radical (unpaired) electrons. The summed E-state index contributed by atoms with van der Waals surface area (Å²) in [5, 5.41) is 0. The van der Waals surface area contributed by atoms with E-state index >= 15 is 0 Å². The standard InChI is InChI=1S/C56H110N2O5/c1-8-13-18-22-24-25-27-33-42-53(43-36-46-56(61)63-50-52(40-31-21-16-11-4)41-32-26-23-19-14-9-2)58(48-37-47-57(6)7)54(59)44-34-28-29-35-45-55(60)62-49-51(38-17-12-5)39-30-20-15-10-3/h51-53H,8-50H2,1-7H3. The maximum atomic E-state index is 14.1. The number of nitrogens with zero attached hydrogens (tertiary/aromatic N) is 2. The second kappa shape index (κ2) is 46.9. The van der Waals surface area contributed by atoms with Crippen molar-refractivity contribution >= 4 is 17.8 Å². The fourth-order valence-corrected chi connectivity index (χ4v) is 9.18. The average molecular weight is 892 g/mol. The lowest BCUT2D eigenvalue weighted by Gasteiger charge is -2.33. The quantitative estimate of drug-likeness (QED) is 0.0447. The number of hydrogen-bond donors (Lipinski definition) is 0. The van der Waals surface area contributed by atoms with Crippen LogP contribution in [0.15, 0.2) is 0 Å². The fraction of sp³-hybridized carbons (Fsp3) is 0.946. The number of carbonyl (C=O) groups excluding carboxylic acids is 3. The number of carbonyl (C=O) groups is 3. The van der Waals surface area contributed by atoms with Crippen LogP contribution in [-0.4, -0.2) is 74.1 Å². The number of ether oxygens (including phenoxy) is 2. The minimum atomic E-state index is -0.0598. The first-order chi connectivity index (χ1) is 30.7. The van der Waals surface area contributed by atoms with Gasteiger partial charge in [-0.1, -0.05) is 202 Å². The molecule has 0 aromatic heterocycles. The van der Waals surface area contributed by atoms with Crippen LogP contribution in [0.4, 0.5) is 0 Å². The largest absolute Gasteiger partial charge is 0.465 e. The third-order valence-electron chi connectivity index (χ3n) is 13.4. The van der Waals surface area contributed by atoms with Crippen LogP contribution in [0.2, 0.25) is 0 Å². The van der Waals surface area contributed by atoms with E-state index in [0.717, 1.165) is 77.3 Å². The van der Waals surface area contributed by atoms with Crippen molar-refractivity contribution in [3.63, 3.8) is 0 Å². The van der Waals surface area contributed by atoms with E-state index in [1.54, 1.807) is 0 Å². The zero-order chi connectivity index (χ0) is 46.4. The summed E-state index contributed by atoms with van der Waals surface area (Å²) in [5.41, 5.74) is 0. The lowest BCUT2D eigenvalue weighted by Crippen LogP contribution is -2.42. The van der Waals surface area contributed by atoms with Gasteiger partial charge in [0.05, 0.1) is 13.2 Å². The first-order valence-electron chi connectivity index (χ1n) is 28.0. The highest BCUT2D eigenvalue weighted by molar-refractivity contribution is 5.76. The highest BCUT2D eigenvalue weighted by Crippen LogP contribution is 2.23. The molecule has 0 spiro atoms. The van der Waals surface area contributed by atoms with Gasteiger partial charge in [0.2, 0.25) is 5.91 Å². The number of unbranched alkanes of at least 4 members (excludes halogenated alkanes) is 22. The van der Waals surface area contributed by atoms with Gasteiger partial charge in [-0.3, -0.25) is 14.4 Å². The second-order valence-corrected chi connectivity index (χ2v) is 20.0. The first-order valence-corrected chi connectivity index (χ1v) is 28.0. The predicted molar refractivity (Wildman–Crippen MR) is 271 cm³/mol. The molecule has 3 atom stereocenters. The Kier molecular flexibility index (Phi) is 45.7. The molecule has 0 saturated carbocycles. The van der Waals surface area contributed by atoms with Crippen LogP contribution in [0.1, 0.15) is 285 Å². The Hall–Kier alpha value is -1.63. The van der Waals surface area contributed by atoms with Crippen LogP contribution < -0.4 is 0 Å². The van der Waals surface area contributed by atoms with E-state index in [2.05, 4.69) is 58.5 Å². The van der Waals surface area contributed by atoms with Gasteiger partial charge in [-0.2, -0.15) is 0 Å². The molecule has 0 aliphatic carbocycles. The Balaban J connectivity index is 5.30. The van der Waals surface area contributed by atoms with Crippen molar-refractivity contribution in [3.05, 3.63) is 0 Å². The molecule has 374 valence electrons. The van der Waals surface area contributed by atoms with E-state index in [0.29, 0.717) is 44.3 Å². The second-order valence-electron chi connectivity index (χ2n) is 20.0. The van der Waals surface area contributed by atoms with Crippen molar-refractivity contribution in [2.24, 2.45) is 11.8 Å². The molecule has 3 unspecified atom stereocenters. The summed E-state index contributed by atoms with van der Waals surface area (Å²) in [4.78, 5) is 44.4. The Labute approximate surface area is 393 Å². The van der Waals surface area contributed by atoms with Crippen LogP contribution in [0.25, 0.3) is 0 Å². The van der Waals surface area contributed by atoms with Crippen molar-refractivity contribution in [1.82, 2.24) is 9.80 Å². The summed E-state index contributed by atoms with van der Waals surface area (Å²) in [6, 6.07) is 0.161. The molecule has 7 heteroatoms. The van der Waals surface area contributed by atoms with E-state index in [4.69, 9.17) is 9.47 Å². The minimum absolute atomic E-state index is 0.0590. The Morgan fingerprint density at radius 2 is 0.714 bits per heavy atom. The smallest absolute Gasteiger partial charge is 0.305 e. The summed E-state index contributed by atoms with van der Waals surface area (Å²) >= 11 is 0. The van der Waals surface area contributed by atoms with Crippen LogP contribution in [0, 0.1) is 11.8 Å². The normalized spacial score (nSPS) is 13.0. The van der Waals surface area contributed by atoms with E-state index in [-0.39, 0.29) is 23.9 Å². The van der Waals surface area contributed by atoms with E-state index < -0.39 is 0 Å². The highest BCUT2D eigenvalue weighted by Gasteiger charge is 2.24. The van der Waals surface area contributed by atoms with Crippen LogP contribution in [0.3, 0.4) is 0 Å². The molecule has 0 N–H and O–H groups in total. The molecular formula is C56H110N2O5. The molecule has 0 rings (SSSR count). The van der Waals surface area contributed by atoms with Gasteiger partial charge >= 0.3 is 11.9 Å². The third kappa shape index (κ3) is 40.4. The van der Waals surface area contributed by atoms with Crippen molar-refractivity contribution in [2.75, 3.05) is 40.4 Å². The monoisotopic (exact) mass is 891 g/mol. The molecule has 0 aromatic carbocycles. The molecular weight excluding hydrogens is 781 g/mol. The van der Waals surface area contributed by atoms with Crippen molar-refractivity contribution in [2.45, 2.75) is 291 Å².